The fraction of sp³-hybridized carbons (Fsp3) is 0.529. The number of guanidine groups is 1. The fourth-order valence-electron chi connectivity index (χ4n) is 2.74. The number of nitrogens with one attached hydrogen (secondary N) is 2. The Morgan fingerprint density at radius 3 is 2.83 bits per heavy atom. The largest absolute Gasteiger partial charge is 0.496 e. The summed E-state index contributed by atoms with van der Waals surface area (Å²) in [4.78, 5) is 17.9. The number of ether oxygens (including phenoxy) is 1. The Morgan fingerprint density at radius 1 is 1.42 bits per heavy atom. The van der Waals surface area contributed by atoms with Gasteiger partial charge in [0.05, 0.1) is 7.11 Å². The summed E-state index contributed by atoms with van der Waals surface area (Å²) in [5.41, 5.74) is 1.08. The number of amides is 1. The second kappa shape index (κ2) is 10.4. The third-order valence-corrected chi connectivity index (χ3v) is 4.05. The quantitative estimate of drug-likeness (QED) is 0.413. The molecule has 0 radical (unpaired) electrons. The minimum atomic E-state index is 0. The van der Waals surface area contributed by atoms with Gasteiger partial charge in [0.2, 0.25) is 5.91 Å². The van der Waals surface area contributed by atoms with Gasteiger partial charge in [0.25, 0.3) is 0 Å². The summed E-state index contributed by atoms with van der Waals surface area (Å²) < 4.78 is 5.35. The zero-order chi connectivity index (χ0) is 16.7. The van der Waals surface area contributed by atoms with E-state index in [-0.39, 0.29) is 35.9 Å². The molecule has 1 aromatic rings. The maximum atomic E-state index is 11.7. The molecular weight excluding hydrogens is 419 g/mol. The predicted molar refractivity (Wildman–Crippen MR) is 107 cm³/mol. The van der Waals surface area contributed by atoms with Crippen molar-refractivity contribution < 1.29 is 9.53 Å². The highest BCUT2D eigenvalue weighted by Crippen LogP contribution is 2.16. The summed E-state index contributed by atoms with van der Waals surface area (Å²) in [6, 6.07) is 8.15. The van der Waals surface area contributed by atoms with Gasteiger partial charge >= 0.3 is 0 Å². The van der Waals surface area contributed by atoms with Gasteiger partial charge in [0.1, 0.15) is 5.75 Å². The van der Waals surface area contributed by atoms with Crippen LogP contribution in [0.4, 0.5) is 0 Å². The lowest BCUT2D eigenvalue weighted by Crippen LogP contribution is -2.44. The van der Waals surface area contributed by atoms with E-state index >= 15 is 0 Å². The molecule has 1 aliphatic heterocycles. The van der Waals surface area contributed by atoms with Gasteiger partial charge in [-0.15, -0.1) is 24.0 Å². The molecule has 1 heterocycles. The molecule has 0 aromatic heterocycles. The van der Waals surface area contributed by atoms with Crippen LogP contribution in [0, 0.1) is 0 Å². The van der Waals surface area contributed by atoms with Crippen molar-refractivity contribution in [3.05, 3.63) is 29.8 Å². The number of likely N-dealkylation sites (tertiary alicyclic amines) is 1. The number of rotatable bonds is 5. The third-order valence-electron chi connectivity index (χ3n) is 4.05. The van der Waals surface area contributed by atoms with Crippen LogP contribution in [0.3, 0.4) is 0 Å². The van der Waals surface area contributed by atoms with Crippen molar-refractivity contribution in [1.29, 1.82) is 0 Å². The van der Waals surface area contributed by atoms with Gasteiger partial charge in [-0.05, 0) is 12.5 Å². The van der Waals surface area contributed by atoms with Crippen molar-refractivity contribution in [3.8, 4) is 5.75 Å². The Hall–Kier alpha value is -1.51. The first-order chi connectivity index (χ1) is 11.2. The van der Waals surface area contributed by atoms with Gasteiger partial charge in [0.15, 0.2) is 5.96 Å². The monoisotopic (exact) mass is 446 g/mol. The molecule has 134 valence electrons. The second-order valence-corrected chi connectivity index (χ2v) is 5.56. The van der Waals surface area contributed by atoms with Crippen molar-refractivity contribution in [1.82, 2.24) is 15.5 Å². The summed E-state index contributed by atoms with van der Waals surface area (Å²) in [6.45, 7) is 4.08. The summed E-state index contributed by atoms with van der Waals surface area (Å²) in [5.74, 6) is 1.81. The molecule has 1 amide bonds. The van der Waals surface area contributed by atoms with Crippen molar-refractivity contribution in [3.63, 3.8) is 0 Å². The van der Waals surface area contributed by atoms with Crippen LogP contribution in [0.25, 0.3) is 0 Å². The molecule has 0 bridgehead atoms. The molecule has 6 nitrogen and oxygen atoms in total. The van der Waals surface area contributed by atoms with E-state index in [9.17, 15) is 4.79 Å². The predicted octanol–water partition coefficient (Wildman–Crippen LogP) is 1.99. The lowest BCUT2D eigenvalue weighted by atomic mass is 10.2. The summed E-state index contributed by atoms with van der Waals surface area (Å²) in [5, 5.41) is 6.69. The van der Waals surface area contributed by atoms with Crippen molar-refractivity contribution in [2.45, 2.75) is 32.4 Å². The van der Waals surface area contributed by atoms with E-state index in [4.69, 9.17) is 4.74 Å². The van der Waals surface area contributed by atoms with E-state index in [1.807, 2.05) is 36.1 Å². The van der Waals surface area contributed by atoms with Crippen LogP contribution in [0.5, 0.6) is 5.75 Å². The normalized spacial score (nSPS) is 17.2. The molecule has 1 aliphatic rings. The Balaban J connectivity index is 0.00000288. The van der Waals surface area contributed by atoms with Crippen molar-refractivity contribution in [2.24, 2.45) is 4.99 Å². The molecule has 1 atom stereocenters. The van der Waals surface area contributed by atoms with Crippen LogP contribution in [0.15, 0.2) is 29.3 Å². The smallest absolute Gasteiger partial charge is 0.222 e. The van der Waals surface area contributed by atoms with Crippen LogP contribution in [-0.2, 0) is 11.3 Å². The molecule has 1 saturated heterocycles. The van der Waals surface area contributed by atoms with Gasteiger partial charge in [-0.25, -0.2) is 0 Å². The summed E-state index contributed by atoms with van der Waals surface area (Å²) in [7, 11) is 3.42. The van der Waals surface area contributed by atoms with Gasteiger partial charge in [-0.3, -0.25) is 9.79 Å². The van der Waals surface area contributed by atoms with Gasteiger partial charge in [-0.1, -0.05) is 25.1 Å². The highest BCUT2D eigenvalue weighted by molar-refractivity contribution is 14.0. The molecule has 2 N–H and O–H groups in total. The maximum absolute atomic E-state index is 11.7. The first kappa shape index (κ1) is 20.5. The average molecular weight is 446 g/mol. The van der Waals surface area contributed by atoms with Crippen LogP contribution in [0.2, 0.25) is 0 Å². The van der Waals surface area contributed by atoms with Gasteiger partial charge < -0.3 is 20.3 Å². The highest BCUT2D eigenvalue weighted by Gasteiger charge is 2.25. The number of halogens is 1. The SMILES string of the molecule is CCC(=O)N1CCC(NC(=NC)NCc2ccccc2OC)C1.I. The first-order valence-corrected chi connectivity index (χ1v) is 8.04. The zero-order valence-corrected chi connectivity index (χ0v) is 16.9. The highest BCUT2D eigenvalue weighted by atomic mass is 127. The Kier molecular flexibility index (Phi) is 8.88. The number of carbonyl (C=O) groups excluding carboxylic acids is 1. The number of hydrogen-bond acceptors (Lipinski definition) is 3. The van der Waals surface area contributed by atoms with Crippen LogP contribution in [0.1, 0.15) is 25.3 Å². The number of nitrogens with zero attached hydrogens (tertiary/aromatic N) is 2. The number of benzene rings is 1. The van der Waals surface area contributed by atoms with E-state index in [2.05, 4.69) is 15.6 Å². The molecular formula is C17H27IN4O2. The molecule has 1 fully saturated rings. The third kappa shape index (κ3) is 5.54. The van der Waals surface area contributed by atoms with Crippen LogP contribution < -0.4 is 15.4 Å². The lowest BCUT2D eigenvalue weighted by Gasteiger charge is -2.19. The standard InChI is InChI=1S/C17H26N4O2.HI/c1-4-16(22)21-10-9-14(12-21)20-17(18-2)19-11-13-7-5-6-8-15(13)23-3;/h5-8,14H,4,9-12H2,1-3H3,(H2,18,19,20);1H. The summed E-state index contributed by atoms with van der Waals surface area (Å²) >= 11 is 0. The zero-order valence-electron chi connectivity index (χ0n) is 14.5. The van der Waals surface area contributed by atoms with E-state index in [0.717, 1.165) is 36.8 Å². The second-order valence-electron chi connectivity index (χ2n) is 5.56. The molecule has 1 aromatic carbocycles. The van der Waals surface area contributed by atoms with E-state index in [1.165, 1.54) is 0 Å². The minimum absolute atomic E-state index is 0. The average Bonchev–Trinajstić information content (AvgIpc) is 3.06. The van der Waals surface area contributed by atoms with Crippen molar-refractivity contribution in [2.75, 3.05) is 27.2 Å². The molecule has 7 heteroatoms. The first-order valence-electron chi connectivity index (χ1n) is 8.04. The Bertz CT molecular complexity index is 565. The summed E-state index contributed by atoms with van der Waals surface area (Å²) in [6.07, 6.45) is 1.51. The maximum Gasteiger partial charge on any atom is 0.222 e. The van der Waals surface area contributed by atoms with Gasteiger partial charge in [-0.2, -0.15) is 0 Å². The number of aliphatic imine (C=N–C) groups is 1. The van der Waals surface area contributed by atoms with E-state index in [0.29, 0.717) is 13.0 Å². The molecule has 0 saturated carbocycles. The minimum Gasteiger partial charge on any atom is -0.496 e. The number of carbonyl (C=O) groups is 1. The van der Waals surface area contributed by atoms with Crippen molar-refractivity contribution >= 4 is 35.8 Å². The number of methoxy groups -OCH3 is 1. The molecule has 24 heavy (non-hydrogen) atoms. The lowest BCUT2D eigenvalue weighted by molar-refractivity contribution is -0.129. The molecule has 0 aliphatic carbocycles. The molecule has 0 spiro atoms. The Labute approximate surface area is 161 Å². The Morgan fingerprint density at radius 2 is 2.17 bits per heavy atom. The van der Waals surface area contributed by atoms with Gasteiger partial charge in [0, 0.05) is 44.7 Å². The van der Waals surface area contributed by atoms with Crippen LogP contribution >= 0.6 is 24.0 Å². The number of hydrogen-bond donors (Lipinski definition) is 2. The molecule has 1 unspecified atom stereocenters. The fourth-order valence-corrected chi connectivity index (χ4v) is 2.74. The number of para-hydroxylation sites is 1. The topological polar surface area (TPSA) is 66.0 Å². The van der Waals surface area contributed by atoms with E-state index in [1.54, 1.807) is 14.2 Å². The van der Waals surface area contributed by atoms with E-state index < -0.39 is 0 Å². The molecule has 2 rings (SSSR count). The van der Waals surface area contributed by atoms with Crippen LogP contribution in [-0.4, -0.2) is 50.1 Å².